The first-order valence-corrected chi connectivity index (χ1v) is 6.84. The van der Waals surface area contributed by atoms with Gasteiger partial charge in [0.2, 0.25) is 5.91 Å². The topological polar surface area (TPSA) is 67.8 Å². The molecule has 0 aromatic heterocycles. The van der Waals surface area contributed by atoms with Crippen molar-refractivity contribution in [3.63, 3.8) is 0 Å². The summed E-state index contributed by atoms with van der Waals surface area (Å²) >= 11 is 0. The van der Waals surface area contributed by atoms with Gasteiger partial charge in [-0.15, -0.1) is 0 Å². The average molecular weight is 301 g/mol. The molecule has 0 spiro atoms. The van der Waals surface area contributed by atoms with Crippen molar-refractivity contribution >= 4 is 11.6 Å². The molecule has 0 saturated heterocycles. The van der Waals surface area contributed by atoms with E-state index in [1.54, 1.807) is 44.6 Å². The number of phenolic OH excluding ortho intramolecular Hbond substituents is 1. The van der Waals surface area contributed by atoms with Crippen LogP contribution in [0.3, 0.4) is 0 Å². The second-order valence-corrected chi connectivity index (χ2v) is 4.93. The number of hydrogen-bond donors (Lipinski definition) is 2. The van der Waals surface area contributed by atoms with E-state index in [-0.39, 0.29) is 18.1 Å². The fourth-order valence-electron chi connectivity index (χ4n) is 2.12. The number of hydrogen-bond acceptors (Lipinski definition) is 4. The van der Waals surface area contributed by atoms with Crippen LogP contribution >= 0.6 is 0 Å². The van der Waals surface area contributed by atoms with Gasteiger partial charge in [0, 0.05) is 0 Å². The van der Waals surface area contributed by atoms with Gasteiger partial charge in [0.05, 0.1) is 26.3 Å². The predicted molar refractivity (Wildman–Crippen MR) is 84.7 cm³/mol. The van der Waals surface area contributed by atoms with Crippen LogP contribution in [0.4, 0.5) is 5.69 Å². The van der Waals surface area contributed by atoms with E-state index in [0.717, 1.165) is 11.1 Å². The minimum absolute atomic E-state index is 0.0562. The van der Waals surface area contributed by atoms with Crippen LogP contribution in [0.15, 0.2) is 36.4 Å². The van der Waals surface area contributed by atoms with Crippen molar-refractivity contribution in [2.45, 2.75) is 13.3 Å². The molecule has 0 aliphatic carbocycles. The predicted octanol–water partition coefficient (Wildman–Crippen LogP) is 2.90. The van der Waals surface area contributed by atoms with Gasteiger partial charge >= 0.3 is 0 Å². The summed E-state index contributed by atoms with van der Waals surface area (Å²) in [5, 5.41) is 12.5. The number of phenols is 1. The molecular formula is C17H19NO4. The quantitative estimate of drug-likeness (QED) is 0.833. The molecule has 2 N–H and O–H groups in total. The van der Waals surface area contributed by atoms with Crippen LogP contribution in [0, 0.1) is 6.92 Å². The highest BCUT2D eigenvalue weighted by Gasteiger charge is 2.10. The third-order valence-electron chi connectivity index (χ3n) is 3.24. The van der Waals surface area contributed by atoms with Crippen molar-refractivity contribution in [3.8, 4) is 17.2 Å². The Hall–Kier alpha value is -2.69. The number of methoxy groups -OCH3 is 2. The van der Waals surface area contributed by atoms with Crippen LogP contribution < -0.4 is 14.8 Å². The zero-order valence-corrected chi connectivity index (χ0v) is 12.8. The van der Waals surface area contributed by atoms with Gasteiger partial charge in [0.15, 0.2) is 11.5 Å². The van der Waals surface area contributed by atoms with Gasteiger partial charge in [-0.1, -0.05) is 12.1 Å². The van der Waals surface area contributed by atoms with E-state index in [0.29, 0.717) is 17.2 Å². The van der Waals surface area contributed by atoms with Crippen LogP contribution in [0.5, 0.6) is 17.2 Å². The molecule has 116 valence electrons. The lowest BCUT2D eigenvalue weighted by molar-refractivity contribution is -0.115. The summed E-state index contributed by atoms with van der Waals surface area (Å²) in [6.07, 6.45) is 0.174. The maximum Gasteiger partial charge on any atom is 0.228 e. The molecule has 0 radical (unpaired) electrons. The van der Waals surface area contributed by atoms with E-state index in [4.69, 9.17) is 9.47 Å². The van der Waals surface area contributed by atoms with Gasteiger partial charge in [-0.05, 0) is 42.3 Å². The molecule has 22 heavy (non-hydrogen) atoms. The fraction of sp³-hybridized carbons (Fsp3) is 0.235. The van der Waals surface area contributed by atoms with Gasteiger partial charge in [0.1, 0.15) is 5.75 Å². The second-order valence-electron chi connectivity index (χ2n) is 4.93. The second kappa shape index (κ2) is 6.85. The Bertz CT molecular complexity index is 682. The van der Waals surface area contributed by atoms with Gasteiger partial charge < -0.3 is 19.9 Å². The number of ether oxygens (including phenoxy) is 2. The maximum absolute atomic E-state index is 12.1. The Balaban J connectivity index is 2.08. The molecule has 0 saturated carbocycles. The average Bonchev–Trinajstić information content (AvgIpc) is 2.50. The number of aryl methyl sites for hydroxylation is 1. The van der Waals surface area contributed by atoms with Crippen molar-refractivity contribution in [1.29, 1.82) is 0 Å². The molecular weight excluding hydrogens is 282 g/mol. The Morgan fingerprint density at radius 2 is 1.82 bits per heavy atom. The maximum atomic E-state index is 12.1. The third kappa shape index (κ3) is 3.69. The van der Waals surface area contributed by atoms with Crippen LogP contribution in [0.2, 0.25) is 0 Å². The van der Waals surface area contributed by atoms with Crippen LogP contribution in [-0.2, 0) is 11.2 Å². The first-order valence-electron chi connectivity index (χ1n) is 6.84. The standard InChI is InChI=1S/C17H19NO4/c1-11-4-6-13(14(19)8-11)18-17(20)10-12-5-7-15(21-2)16(9-12)22-3/h4-9,19H,10H2,1-3H3,(H,18,20). The molecule has 0 unspecified atom stereocenters. The Morgan fingerprint density at radius 1 is 1.09 bits per heavy atom. The molecule has 1 amide bonds. The summed E-state index contributed by atoms with van der Waals surface area (Å²) < 4.78 is 10.4. The summed E-state index contributed by atoms with van der Waals surface area (Å²) in [5.74, 6) is 1.03. The van der Waals surface area contributed by atoms with Crippen molar-refractivity contribution < 1.29 is 19.4 Å². The number of aromatic hydroxyl groups is 1. The highest BCUT2D eigenvalue weighted by Crippen LogP contribution is 2.28. The number of carbonyl (C=O) groups excluding carboxylic acids is 1. The SMILES string of the molecule is COc1ccc(CC(=O)Nc2ccc(C)cc2O)cc1OC. The Kier molecular flexibility index (Phi) is 4.88. The van der Waals surface area contributed by atoms with Gasteiger partial charge in [0.25, 0.3) is 0 Å². The Morgan fingerprint density at radius 3 is 2.45 bits per heavy atom. The van der Waals surface area contributed by atoms with Gasteiger partial charge in [-0.25, -0.2) is 0 Å². The fourth-order valence-corrected chi connectivity index (χ4v) is 2.12. The van der Waals surface area contributed by atoms with Gasteiger partial charge in [-0.3, -0.25) is 4.79 Å². The molecule has 0 atom stereocenters. The van der Waals surface area contributed by atoms with E-state index >= 15 is 0 Å². The van der Waals surface area contributed by atoms with E-state index in [9.17, 15) is 9.90 Å². The van der Waals surface area contributed by atoms with Crippen molar-refractivity contribution in [3.05, 3.63) is 47.5 Å². The van der Waals surface area contributed by atoms with Crippen molar-refractivity contribution in [1.82, 2.24) is 0 Å². The molecule has 0 heterocycles. The molecule has 0 aliphatic rings. The first-order chi connectivity index (χ1) is 10.5. The zero-order chi connectivity index (χ0) is 16.1. The monoisotopic (exact) mass is 301 g/mol. The van der Waals surface area contributed by atoms with Crippen LogP contribution in [0.1, 0.15) is 11.1 Å². The molecule has 0 aliphatic heterocycles. The molecule has 2 rings (SSSR count). The number of benzene rings is 2. The highest BCUT2D eigenvalue weighted by molar-refractivity contribution is 5.93. The number of nitrogens with one attached hydrogen (secondary N) is 1. The minimum atomic E-state index is -0.216. The molecule has 5 nitrogen and oxygen atoms in total. The third-order valence-corrected chi connectivity index (χ3v) is 3.24. The lowest BCUT2D eigenvalue weighted by Crippen LogP contribution is -2.14. The molecule has 0 fully saturated rings. The normalized spacial score (nSPS) is 10.1. The summed E-state index contributed by atoms with van der Waals surface area (Å²) in [4.78, 5) is 12.1. The number of amides is 1. The van der Waals surface area contributed by atoms with E-state index < -0.39 is 0 Å². The molecule has 2 aromatic rings. The lowest BCUT2D eigenvalue weighted by Gasteiger charge is -2.10. The lowest BCUT2D eigenvalue weighted by atomic mass is 10.1. The Labute approximate surface area is 129 Å². The van der Waals surface area contributed by atoms with Crippen molar-refractivity contribution in [2.75, 3.05) is 19.5 Å². The summed E-state index contributed by atoms with van der Waals surface area (Å²) in [6, 6.07) is 10.4. The number of anilines is 1. The number of rotatable bonds is 5. The van der Waals surface area contributed by atoms with E-state index in [2.05, 4.69) is 5.32 Å². The van der Waals surface area contributed by atoms with Crippen LogP contribution in [0.25, 0.3) is 0 Å². The first kappa shape index (κ1) is 15.7. The molecule has 2 aromatic carbocycles. The van der Waals surface area contributed by atoms with Crippen LogP contribution in [-0.4, -0.2) is 25.2 Å². The molecule has 5 heteroatoms. The smallest absolute Gasteiger partial charge is 0.228 e. The summed E-state index contributed by atoms with van der Waals surface area (Å²) in [7, 11) is 3.11. The van der Waals surface area contributed by atoms with E-state index in [1.165, 1.54) is 0 Å². The van der Waals surface area contributed by atoms with Gasteiger partial charge in [-0.2, -0.15) is 0 Å². The largest absolute Gasteiger partial charge is 0.506 e. The minimum Gasteiger partial charge on any atom is -0.506 e. The van der Waals surface area contributed by atoms with E-state index in [1.807, 2.05) is 13.0 Å². The number of carbonyl (C=O) groups is 1. The van der Waals surface area contributed by atoms with Crippen molar-refractivity contribution in [2.24, 2.45) is 0 Å². The molecule has 0 bridgehead atoms. The summed E-state index contributed by atoms with van der Waals surface area (Å²) in [6.45, 7) is 1.87. The zero-order valence-electron chi connectivity index (χ0n) is 12.8. The highest BCUT2D eigenvalue weighted by atomic mass is 16.5. The summed E-state index contributed by atoms with van der Waals surface area (Å²) in [5.41, 5.74) is 2.12.